The Morgan fingerprint density at radius 3 is 2.21 bits per heavy atom. The van der Waals surface area contributed by atoms with Crippen LogP contribution < -0.4 is 15.5 Å². The van der Waals surface area contributed by atoms with E-state index in [1.807, 2.05) is 48.5 Å². The van der Waals surface area contributed by atoms with Crippen LogP contribution in [-0.4, -0.2) is 48.7 Å². The van der Waals surface area contributed by atoms with Gasteiger partial charge in [0.15, 0.2) is 0 Å². The number of anilines is 1. The van der Waals surface area contributed by atoms with E-state index in [2.05, 4.69) is 10.6 Å². The minimum atomic E-state index is -4.10. The van der Waals surface area contributed by atoms with Crippen LogP contribution >= 0.6 is 0 Å². The van der Waals surface area contributed by atoms with Gasteiger partial charge in [-0.15, -0.1) is 0 Å². The first-order chi connectivity index (χ1) is 22.5. The van der Waals surface area contributed by atoms with Crippen LogP contribution in [0.25, 0.3) is 11.1 Å². The summed E-state index contributed by atoms with van der Waals surface area (Å²) in [6.07, 6.45) is -0.159. The number of nitrogens with one attached hydrogen (secondary N) is 2. The van der Waals surface area contributed by atoms with Crippen LogP contribution in [-0.2, 0) is 26.3 Å². The van der Waals surface area contributed by atoms with E-state index in [0.717, 1.165) is 22.3 Å². The van der Waals surface area contributed by atoms with Crippen molar-refractivity contribution in [2.75, 3.05) is 23.7 Å². The Labute approximate surface area is 272 Å². The maximum atomic E-state index is 13.7. The minimum absolute atomic E-state index is 0.0485. The second kappa shape index (κ2) is 14.9. The molecule has 0 radical (unpaired) electrons. The second-order valence-corrected chi connectivity index (χ2v) is 13.0. The summed E-state index contributed by atoms with van der Waals surface area (Å²) in [4.78, 5) is 27.2. The van der Waals surface area contributed by atoms with Crippen LogP contribution in [0.1, 0.15) is 41.7 Å². The number of carbonyl (C=O) groups excluding carboxylic acids is 2. The van der Waals surface area contributed by atoms with Crippen molar-refractivity contribution in [3.8, 4) is 11.1 Å². The lowest BCUT2D eigenvalue weighted by molar-refractivity contribution is -0.131. The van der Waals surface area contributed by atoms with E-state index in [1.165, 1.54) is 36.4 Å². The van der Waals surface area contributed by atoms with Gasteiger partial charge in [-0.1, -0.05) is 54.6 Å². The Kier molecular flexibility index (Phi) is 10.8. The maximum Gasteiger partial charge on any atom is 0.266 e. The van der Waals surface area contributed by atoms with Gasteiger partial charge >= 0.3 is 0 Å². The van der Waals surface area contributed by atoms with E-state index in [0.29, 0.717) is 24.1 Å². The summed E-state index contributed by atoms with van der Waals surface area (Å²) < 4.78 is 57.4. The number of aliphatic hydroxyl groups is 1. The topological polar surface area (TPSA) is 136 Å². The van der Waals surface area contributed by atoms with Crippen LogP contribution in [0.4, 0.5) is 14.5 Å². The van der Waals surface area contributed by atoms with Gasteiger partial charge in [0, 0.05) is 18.8 Å². The van der Waals surface area contributed by atoms with Crippen LogP contribution in [0.2, 0.25) is 0 Å². The molecule has 3 atom stereocenters. The van der Waals surface area contributed by atoms with Gasteiger partial charge in [-0.25, -0.2) is 8.78 Å². The third-order valence-corrected chi connectivity index (χ3v) is 8.87. The summed E-state index contributed by atoms with van der Waals surface area (Å²) in [6.45, 7) is 0.113. The molecule has 47 heavy (non-hydrogen) atoms. The molecule has 12 heteroatoms. The number of nitrogens with zero attached hydrogens (tertiary/aromatic N) is 1. The van der Waals surface area contributed by atoms with Crippen molar-refractivity contribution in [2.45, 2.75) is 31.5 Å². The smallest absolute Gasteiger partial charge is 0.266 e. The first-order valence-corrected chi connectivity index (χ1v) is 16.7. The number of hydrogen-bond donors (Lipinski definition) is 4. The van der Waals surface area contributed by atoms with Crippen molar-refractivity contribution in [3.63, 3.8) is 0 Å². The number of amides is 2. The lowest BCUT2D eigenvalue weighted by Crippen LogP contribution is -2.55. The van der Waals surface area contributed by atoms with Crippen LogP contribution in [0, 0.1) is 17.6 Å². The fraction of sp³-hybridized carbons (Fsp3) is 0.257. The van der Waals surface area contributed by atoms with Crippen molar-refractivity contribution >= 4 is 27.6 Å². The molecule has 0 spiro atoms. The molecular formula is C35H35F2N3O6S. The molecule has 5 rings (SSSR count). The van der Waals surface area contributed by atoms with Crippen molar-refractivity contribution in [3.05, 3.63) is 125 Å². The minimum Gasteiger partial charge on any atom is -0.388 e. The number of halogens is 2. The van der Waals surface area contributed by atoms with Gasteiger partial charge < -0.3 is 20.6 Å². The summed E-state index contributed by atoms with van der Waals surface area (Å²) in [5.41, 5.74) is 4.70. The van der Waals surface area contributed by atoms with E-state index >= 15 is 0 Å². The molecule has 1 aliphatic heterocycles. The normalized spacial score (nSPS) is 16.9. The fourth-order valence-corrected chi connectivity index (χ4v) is 6.09. The number of aliphatic hydroxyl groups excluding tert-OH is 1. The second-order valence-electron chi connectivity index (χ2n) is 11.4. The van der Waals surface area contributed by atoms with Gasteiger partial charge in [-0.2, -0.15) is 8.42 Å². The monoisotopic (exact) mass is 663 g/mol. The van der Waals surface area contributed by atoms with Crippen LogP contribution in [0.3, 0.4) is 0 Å². The van der Waals surface area contributed by atoms with Crippen molar-refractivity contribution < 1.29 is 36.4 Å². The highest BCUT2D eigenvalue weighted by molar-refractivity contribution is 7.85. The quantitative estimate of drug-likeness (QED) is 0.0853. The molecule has 1 saturated heterocycles. The highest BCUT2D eigenvalue weighted by atomic mass is 32.2. The maximum absolute atomic E-state index is 13.7. The average molecular weight is 664 g/mol. The van der Waals surface area contributed by atoms with E-state index < -0.39 is 39.5 Å². The number of hydrogen-bond acceptors (Lipinski definition) is 6. The van der Waals surface area contributed by atoms with Gasteiger partial charge in [-0.3, -0.25) is 14.1 Å². The van der Waals surface area contributed by atoms with Gasteiger partial charge in [0.1, 0.15) is 11.6 Å². The third-order valence-electron chi connectivity index (χ3n) is 8.15. The van der Waals surface area contributed by atoms with Crippen molar-refractivity contribution in [1.82, 2.24) is 10.6 Å². The summed E-state index contributed by atoms with van der Waals surface area (Å²) >= 11 is 0. The molecule has 0 aliphatic carbocycles. The Bertz CT molecular complexity index is 1800. The predicted molar refractivity (Wildman–Crippen MR) is 174 cm³/mol. The molecule has 0 unspecified atom stereocenters. The molecule has 1 fully saturated rings. The fourth-order valence-electron chi connectivity index (χ4n) is 5.69. The molecule has 4 aromatic rings. The first kappa shape index (κ1) is 33.9. The predicted octanol–water partition coefficient (Wildman–Crippen LogP) is 4.94. The van der Waals surface area contributed by atoms with E-state index in [-0.39, 0.29) is 37.5 Å². The zero-order valence-corrected chi connectivity index (χ0v) is 26.2. The van der Waals surface area contributed by atoms with Crippen molar-refractivity contribution in [2.24, 2.45) is 5.92 Å². The van der Waals surface area contributed by atoms with E-state index in [1.54, 1.807) is 17.0 Å². The van der Waals surface area contributed by atoms with E-state index in [9.17, 15) is 31.9 Å². The first-order valence-electron chi connectivity index (χ1n) is 15.1. The summed E-state index contributed by atoms with van der Waals surface area (Å²) in [5, 5.41) is 16.2. The molecule has 1 aliphatic rings. The molecule has 0 aromatic heterocycles. The number of rotatable bonds is 14. The summed E-state index contributed by atoms with van der Waals surface area (Å²) in [5.74, 6) is -2.15. The average Bonchev–Trinajstić information content (AvgIpc) is 3.05. The van der Waals surface area contributed by atoms with Crippen molar-refractivity contribution in [1.29, 1.82) is 0 Å². The Morgan fingerprint density at radius 2 is 1.55 bits per heavy atom. The van der Waals surface area contributed by atoms with E-state index in [4.69, 9.17) is 4.55 Å². The molecule has 4 N–H and O–H groups in total. The highest BCUT2D eigenvalue weighted by Gasteiger charge is 2.48. The van der Waals surface area contributed by atoms with Gasteiger partial charge in [0.2, 0.25) is 11.8 Å². The van der Waals surface area contributed by atoms with Gasteiger partial charge in [0.05, 0.1) is 30.4 Å². The van der Waals surface area contributed by atoms with Crippen LogP contribution in [0.5, 0.6) is 0 Å². The molecule has 0 saturated carbocycles. The standard InChI is InChI=1S/C35H35F2N3O6S/c36-28-10-8-25(9-11-28)32(41)17-16-31-34(40(35(31)43)30-14-12-29(37)13-15-30)26-6-4-24(5-7-26)27-3-1-2-23(20-27)21-39-33(42)22-38-18-19-47(44,45)46/h1-15,20,31-32,34,38,41H,16-19,21-22H2,(H,39,42)(H,44,45,46)/t31-,32+,34-/m1/s1. The molecule has 246 valence electrons. The molecular weight excluding hydrogens is 628 g/mol. The lowest BCUT2D eigenvalue weighted by atomic mass is 9.78. The molecule has 1 heterocycles. The Morgan fingerprint density at radius 1 is 0.894 bits per heavy atom. The molecule has 2 amide bonds. The summed E-state index contributed by atoms with van der Waals surface area (Å²) in [6, 6.07) is 26.5. The molecule has 4 aromatic carbocycles. The Hall–Kier alpha value is -4.49. The largest absolute Gasteiger partial charge is 0.388 e. The number of β-lactam (4-membered cyclic amide) rings is 1. The van der Waals surface area contributed by atoms with Gasteiger partial charge in [-0.05, 0) is 83.1 Å². The van der Waals surface area contributed by atoms with Gasteiger partial charge in [0.25, 0.3) is 10.1 Å². The molecule has 0 bridgehead atoms. The Balaban J connectivity index is 1.26. The lowest BCUT2D eigenvalue weighted by Gasteiger charge is -2.48. The number of benzene rings is 4. The van der Waals surface area contributed by atoms with Crippen LogP contribution in [0.15, 0.2) is 97.1 Å². The zero-order valence-electron chi connectivity index (χ0n) is 25.4. The third kappa shape index (κ3) is 8.86. The number of carbonyl (C=O) groups is 2. The highest BCUT2D eigenvalue weighted by Crippen LogP contribution is 2.46. The summed E-state index contributed by atoms with van der Waals surface area (Å²) in [7, 11) is -4.10. The SMILES string of the molecule is O=C(CNCCS(=O)(=O)O)NCc1cccc(-c2ccc([C@@H]3[C@@H](CC[C@H](O)c4ccc(F)cc4)C(=O)N3c3ccc(F)cc3)cc2)c1. The zero-order chi connectivity index (χ0) is 33.6. The molecule has 9 nitrogen and oxygen atoms in total.